The van der Waals surface area contributed by atoms with E-state index < -0.39 is 0 Å². The lowest BCUT2D eigenvalue weighted by Gasteiger charge is -2.28. The van der Waals surface area contributed by atoms with Gasteiger partial charge in [-0.3, -0.25) is 0 Å². The molecule has 16 heavy (non-hydrogen) atoms. The molecule has 0 aromatic heterocycles. The van der Waals surface area contributed by atoms with Gasteiger partial charge in [0.1, 0.15) is 5.70 Å². The van der Waals surface area contributed by atoms with Crippen LogP contribution >= 0.6 is 0 Å². The Hall–Kier alpha value is -2.02. The van der Waals surface area contributed by atoms with Gasteiger partial charge in [0.25, 0.3) is 5.70 Å². The van der Waals surface area contributed by atoms with Crippen molar-refractivity contribution in [2.24, 2.45) is 0 Å². The van der Waals surface area contributed by atoms with Crippen molar-refractivity contribution in [2.75, 3.05) is 0 Å². The highest BCUT2D eigenvalue weighted by Crippen LogP contribution is 2.19. The summed E-state index contributed by atoms with van der Waals surface area (Å²) in [4.78, 5) is 11.3. The monoisotopic (exact) mass is 224 g/mol. The van der Waals surface area contributed by atoms with Crippen molar-refractivity contribution in [3.8, 4) is 0 Å². The van der Waals surface area contributed by atoms with Gasteiger partial charge in [-0.1, -0.05) is 6.08 Å². The van der Waals surface area contributed by atoms with Gasteiger partial charge < -0.3 is 21.2 Å². The molecule has 86 valence electrons. The largest absolute Gasteiger partial charge is 0.754 e. The number of rotatable bonds is 0. The molecule has 2 aliphatic heterocycles. The van der Waals surface area contributed by atoms with Gasteiger partial charge >= 0.3 is 0 Å². The molecule has 0 amide bonds. The van der Waals surface area contributed by atoms with Gasteiger partial charge in [0.2, 0.25) is 6.20 Å². The second-order valence-electron chi connectivity index (χ2n) is 2.82. The summed E-state index contributed by atoms with van der Waals surface area (Å²) >= 11 is 0. The van der Waals surface area contributed by atoms with Crippen molar-refractivity contribution in [2.45, 2.75) is 0 Å². The van der Waals surface area contributed by atoms with Gasteiger partial charge in [-0.2, -0.15) is 0 Å². The summed E-state index contributed by atoms with van der Waals surface area (Å²) in [5.41, 5.74) is 0.700. The van der Waals surface area contributed by atoms with E-state index in [0.29, 0.717) is 21.2 Å². The highest BCUT2D eigenvalue weighted by molar-refractivity contribution is 5.36. The highest BCUT2D eigenvalue weighted by atomic mass is 16.5. The Morgan fingerprint density at radius 1 is 1.06 bits per heavy atom. The van der Waals surface area contributed by atoms with Crippen LogP contribution in [-0.2, 0) is 0 Å². The first-order valence-corrected chi connectivity index (χ1v) is 4.16. The quantitative estimate of drug-likeness (QED) is 0.551. The van der Waals surface area contributed by atoms with Gasteiger partial charge in [-0.15, -0.1) is 0 Å². The molecular formula is C10H12N2O4. The van der Waals surface area contributed by atoms with Crippen LogP contribution in [0, 0.1) is 10.1 Å². The maximum absolute atomic E-state index is 11.3. The molecule has 0 saturated heterocycles. The molecule has 0 spiro atoms. The zero-order valence-electron chi connectivity index (χ0n) is 8.33. The van der Waals surface area contributed by atoms with Gasteiger partial charge in [0.05, 0.1) is 4.76 Å². The fraction of sp³-hybridized carbons (Fsp3) is 0. The summed E-state index contributed by atoms with van der Waals surface area (Å²) in [6.45, 7) is 0. The van der Waals surface area contributed by atoms with E-state index in [-0.39, 0.29) is 11.0 Å². The lowest BCUT2D eigenvalue weighted by Crippen LogP contribution is -2.15. The Morgan fingerprint density at radius 2 is 1.75 bits per heavy atom. The summed E-state index contributed by atoms with van der Waals surface area (Å²) in [5.74, 6) is 0. The van der Waals surface area contributed by atoms with Crippen molar-refractivity contribution < 1.29 is 15.7 Å². The van der Waals surface area contributed by atoms with Crippen LogP contribution in [-0.4, -0.2) is 20.8 Å². The van der Waals surface area contributed by atoms with Crippen molar-refractivity contribution in [3.63, 3.8) is 0 Å². The van der Waals surface area contributed by atoms with Gasteiger partial charge in [0.15, 0.2) is 0 Å². The molecule has 0 aromatic carbocycles. The number of hydrogen-bond acceptors (Lipinski definition) is 3. The van der Waals surface area contributed by atoms with Crippen LogP contribution in [0.4, 0.5) is 0 Å². The fourth-order valence-electron chi connectivity index (χ4n) is 1.25. The highest BCUT2D eigenvalue weighted by Gasteiger charge is 2.20. The second-order valence-corrected chi connectivity index (χ2v) is 2.82. The number of nitrogens with zero attached hydrogens (tertiary/aromatic N) is 2. The molecule has 0 saturated carbocycles. The van der Waals surface area contributed by atoms with Crippen LogP contribution in [0.2, 0.25) is 0 Å². The lowest BCUT2D eigenvalue weighted by molar-refractivity contribution is -0.421. The predicted molar refractivity (Wildman–Crippen MR) is 59.6 cm³/mol. The zero-order chi connectivity index (χ0) is 9.97. The molecule has 0 atom stereocenters. The summed E-state index contributed by atoms with van der Waals surface area (Å²) < 4.78 is 0.670. The lowest BCUT2D eigenvalue weighted by atomic mass is 10.2. The van der Waals surface area contributed by atoms with E-state index in [1.54, 1.807) is 36.5 Å². The van der Waals surface area contributed by atoms with E-state index in [1.165, 1.54) is 12.4 Å². The molecule has 6 nitrogen and oxygen atoms in total. The molecule has 2 rings (SSSR count). The molecule has 0 fully saturated rings. The summed E-state index contributed by atoms with van der Waals surface area (Å²) in [5, 5.41) is 12.0. The van der Waals surface area contributed by atoms with E-state index in [0.717, 1.165) is 0 Å². The van der Waals surface area contributed by atoms with E-state index in [4.69, 9.17) is 0 Å². The SMILES string of the molecule is O.O.O=[N+]1C=CC=CC1=C1C=CC=CN1[O-]. The molecule has 0 aromatic rings. The molecule has 6 heteroatoms. The molecule has 0 bridgehead atoms. The summed E-state index contributed by atoms with van der Waals surface area (Å²) in [6.07, 6.45) is 12.6. The van der Waals surface area contributed by atoms with Gasteiger partial charge in [-0.05, 0) is 24.4 Å². The van der Waals surface area contributed by atoms with Gasteiger partial charge in [0, 0.05) is 17.1 Å². The third kappa shape index (κ3) is 2.51. The van der Waals surface area contributed by atoms with E-state index in [1.807, 2.05) is 0 Å². The van der Waals surface area contributed by atoms with Crippen LogP contribution in [0.5, 0.6) is 0 Å². The minimum atomic E-state index is 0. The maximum atomic E-state index is 11.3. The second kappa shape index (κ2) is 5.76. The van der Waals surface area contributed by atoms with Crippen molar-refractivity contribution >= 4 is 0 Å². The van der Waals surface area contributed by atoms with Crippen LogP contribution in [0.15, 0.2) is 60.3 Å². The minimum Gasteiger partial charge on any atom is -0.754 e. The van der Waals surface area contributed by atoms with E-state index in [2.05, 4.69) is 0 Å². The summed E-state index contributed by atoms with van der Waals surface area (Å²) in [6, 6.07) is 0. The Bertz CT molecular complexity index is 419. The van der Waals surface area contributed by atoms with Crippen LogP contribution in [0.25, 0.3) is 0 Å². The first-order valence-electron chi connectivity index (χ1n) is 4.16. The topological polar surface area (TPSA) is 109 Å². The molecule has 2 aliphatic rings. The Kier molecular flexibility index (Phi) is 5.03. The van der Waals surface area contributed by atoms with Gasteiger partial charge in [-0.25, -0.2) is 0 Å². The maximum Gasteiger partial charge on any atom is 0.285 e. The fourth-order valence-corrected chi connectivity index (χ4v) is 1.25. The van der Waals surface area contributed by atoms with Crippen molar-refractivity contribution in [3.05, 3.63) is 70.4 Å². The average molecular weight is 224 g/mol. The molecule has 0 aliphatic carbocycles. The minimum absolute atomic E-state index is 0. The van der Waals surface area contributed by atoms with Crippen molar-refractivity contribution in [1.29, 1.82) is 0 Å². The Morgan fingerprint density at radius 3 is 2.38 bits per heavy atom. The molecule has 0 radical (unpaired) electrons. The zero-order valence-corrected chi connectivity index (χ0v) is 8.33. The van der Waals surface area contributed by atoms with E-state index >= 15 is 0 Å². The third-order valence-corrected chi connectivity index (χ3v) is 1.91. The normalized spacial score (nSPS) is 21.8. The molecule has 4 N–H and O–H groups in total. The molecule has 0 unspecified atom stereocenters. The number of allylic oxidation sites excluding steroid dienone is 6. The number of hydroxylamine groups is 2. The van der Waals surface area contributed by atoms with Crippen LogP contribution in [0.3, 0.4) is 0 Å². The van der Waals surface area contributed by atoms with Crippen molar-refractivity contribution in [1.82, 2.24) is 5.06 Å². The van der Waals surface area contributed by atoms with E-state index in [9.17, 15) is 10.1 Å². The first kappa shape index (κ1) is 14.0. The first-order chi connectivity index (χ1) is 6.79. The molecular weight excluding hydrogens is 212 g/mol. The molecule has 2 heterocycles. The Labute approximate surface area is 91.9 Å². The number of hydrogen-bond donors (Lipinski definition) is 0. The van der Waals surface area contributed by atoms with Crippen LogP contribution in [0.1, 0.15) is 0 Å². The predicted octanol–water partition coefficient (Wildman–Crippen LogP) is 0.294. The number of nitroso groups, excluding NO2 is 1. The smallest absolute Gasteiger partial charge is 0.285 e. The third-order valence-electron chi connectivity index (χ3n) is 1.91. The van der Waals surface area contributed by atoms with Crippen LogP contribution < -0.4 is 0 Å². The average Bonchev–Trinajstić information content (AvgIpc) is 2.20. The summed E-state index contributed by atoms with van der Waals surface area (Å²) in [7, 11) is 0. The standard InChI is InChI=1S/C10H8N2O2.2H2O/c13-11-7-3-1-5-9(11)10-6-2-4-8-12(10)14;;/h1-8H;2*1H2. The Balaban J connectivity index is 0.00000112.